The largest absolute Gasteiger partial charge is 0.461 e. The minimum Gasteiger partial charge on any atom is -0.461 e. The fourth-order valence-electron chi connectivity index (χ4n) is 9.83. The Labute approximate surface area is 328 Å². The summed E-state index contributed by atoms with van der Waals surface area (Å²) in [5.74, 6) is 2.10. The maximum absolute atomic E-state index is 6.97. The van der Waals surface area contributed by atoms with Crippen molar-refractivity contribution >= 4 is 17.0 Å². The summed E-state index contributed by atoms with van der Waals surface area (Å²) in [5.41, 5.74) is 16.3. The lowest BCUT2D eigenvalue weighted by Crippen LogP contribution is -2.42. The third-order valence-corrected chi connectivity index (χ3v) is 12.3. The summed E-state index contributed by atoms with van der Waals surface area (Å²) in [4.78, 5) is 5.43. The molecular formula is C53H40N2O. The number of hydrogen-bond acceptors (Lipinski definition) is 3. The number of nitrogens with one attached hydrogen (secondary N) is 1. The molecule has 3 aliphatic carbocycles. The Morgan fingerprint density at radius 3 is 2.04 bits per heavy atom. The summed E-state index contributed by atoms with van der Waals surface area (Å²) in [6.45, 7) is 0. The van der Waals surface area contributed by atoms with Crippen molar-refractivity contribution < 1.29 is 4.74 Å². The number of hydrogen-bond donors (Lipinski definition) is 1. The Bertz CT molecular complexity index is 2700. The Hall–Kier alpha value is -6.71. The molecule has 0 amide bonds. The van der Waals surface area contributed by atoms with Gasteiger partial charge in [-0.1, -0.05) is 170 Å². The van der Waals surface area contributed by atoms with Crippen molar-refractivity contribution in [1.29, 1.82) is 0 Å². The van der Waals surface area contributed by atoms with Crippen LogP contribution >= 0.6 is 0 Å². The lowest BCUT2D eigenvalue weighted by Gasteiger charge is -2.46. The Balaban J connectivity index is 1.07. The van der Waals surface area contributed by atoms with Gasteiger partial charge in [-0.05, 0) is 87.6 Å². The number of allylic oxidation sites excluding steroid dienone is 9. The predicted molar refractivity (Wildman–Crippen MR) is 229 cm³/mol. The van der Waals surface area contributed by atoms with Crippen LogP contribution in [0.3, 0.4) is 0 Å². The first-order valence-electron chi connectivity index (χ1n) is 19.8. The maximum atomic E-state index is 6.97. The number of rotatable bonds is 5. The SMILES string of the molecule is C1=CCC2C(=C1)Oc1cc(-c3ccccc3C3=NC(c4ccccc4)NC(c4ccccc4C4=CCCC=C4)=C3)ccc1C21c2ccccc2-c2ccccc21. The van der Waals surface area contributed by atoms with Crippen molar-refractivity contribution in [2.24, 2.45) is 10.9 Å². The molecule has 268 valence electrons. The number of fused-ring (bicyclic) bond motifs is 9. The molecule has 0 radical (unpaired) electrons. The zero-order valence-electron chi connectivity index (χ0n) is 31.0. The molecule has 2 aliphatic heterocycles. The van der Waals surface area contributed by atoms with Crippen LogP contribution in [0.1, 0.15) is 64.4 Å². The van der Waals surface area contributed by atoms with E-state index in [1.54, 1.807) is 0 Å². The van der Waals surface area contributed by atoms with E-state index in [-0.39, 0.29) is 17.5 Å². The molecule has 2 unspecified atom stereocenters. The van der Waals surface area contributed by atoms with Gasteiger partial charge in [-0.3, -0.25) is 4.99 Å². The van der Waals surface area contributed by atoms with Gasteiger partial charge < -0.3 is 10.1 Å². The van der Waals surface area contributed by atoms with Gasteiger partial charge in [-0.25, -0.2) is 0 Å². The Morgan fingerprint density at radius 2 is 1.29 bits per heavy atom. The Kier molecular flexibility index (Phi) is 7.73. The summed E-state index contributed by atoms with van der Waals surface area (Å²) < 4.78 is 6.97. The third-order valence-electron chi connectivity index (χ3n) is 12.3. The second-order valence-electron chi connectivity index (χ2n) is 15.3. The zero-order valence-corrected chi connectivity index (χ0v) is 31.0. The third kappa shape index (κ3) is 5.08. The average molecular weight is 721 g/mol. The van der Waals surface area contributed by atoms with Gasteiger partial charge in [-0.2, -0.15) is 0 Å². The van der Waals surface area contributed by atoms with Crippen molar-refractivity contribution in [2.45, 2.75) is 30.8 Å². The van der Waals surface area contributed by atoms with Crippen LogP contribution < -0.4 is 10.1 Å². The molecule has 1 spiro atoms. The van der Waals surface area contributed by atoms with Gasteiger partial charge in [0.05, 0.1) is 11.1 Å². The molecule has 6 aromatic carbocycles. The molecule has 3 heteroatoms. The van der Waals surface area contributed by atoms with Gasteiger partial charge in [0.2, 0.25) is 0 Å². The number of benzene rings is 6. The van der Waals surface area contributed by atoms with Crippen molar-refractivity contribution in [3.63, 3.8) is 0 Å². The normalized spacial score (nSPS) is 19.6. The van der Waals surface area contributed by atoms with E-state index in [9.17, 15) is 0 Å². The molecule has 2 atom stereocenters. The van der Waals surface area contributed by atoms with Crippen molar-refractivity contribution in [2.75, 3.05) is 0 Å². The molecule has 56 heavy (non-hydrogen) atoms. The first kappa shape index (κ1) is 32.7. The molecular weight excluding hydrogens is 681 g/mol. The highest BCUT2D eigenvalue weighted by Gasteiger charge is 2.55. The van der Waals surface area contributed by atoms with E-state index in [4.69, 9.17) is 9.73 Å². The molecule has 0 fully saturated rings. The van der Waals surface area contributed by atoms with Crippen LogP contribution in [0.15, 0.2) is 199 Å². The van der Waals surface area contributed by atoms with Crippen LogP contribution in [-0.4, -0.2) is 5.71 Å². The van der Waals surface area contributed by atoms with Gasteiger partial charge in [0, 0.05) is 28.3 Å². The van der Waals surface area contributed by atoms with Crippen molar-refractivity contribution in [1.82, 2.24) is 5.32 Å². The fourth-order valence-corrected chi connectivity index (χ4v) is 9.83. The van der Waals surface area contributed by atoms with E-state index < -0.39 is 0 Å². The van der Waals surface area contributed by atoms with Gasteiger partial charge in [0.15, 0.2) is 0 Å². The summed E-state index contributed by atoms with van der Waals surface area (Å²) in [6, 6.07) is 52.9. The second kappa shape index (κ2) is 13.2. The quantitative estimate of drug-likeness (QED) is 0.192. The first-order valence-corrected chi connectivity index (χ1v) is 19.8. The first-order chi connectivity index (χ1) is 27.8. The summed E-state index contributed by atoms with van der Waals surface area (Å²) in [6.07, 6.45) is 18.6. The van der Waals surface area contributed by atoms with E-state index >= 15 is 0 Å². The topological polar surface area (TPSA) is 33.6 Å². The van der Waals surface area contributed by atoms with E-state index in [1.807, 2.05) is 0 Å². The molecule has 2 heterocycles. The van der Waals surface area contributed by atoms with Crippen LogP contribution in [0.5, 0.6) is 5.75 Å². The van der Waals surface area contributed by atoms with Crippen molar-refractivity contribution in [3.05, 3.63) is 233 Å². The minimum atomic E-state index is -0.356. The predicted octanol–water partition coefficient (Wildman–Crippen LogP) is 12.4. The molecule has 0 bridgehead atoms. The van der Waals surface area contributed by atoms with E-state index in [0.29, 0.717) is 0 Å². The molecule has 11 rings (SSSR count). The van der Waals surface area contributed by atoms with Crippen LogP contribution in [0.2, 0.25) is 0 Å². The highest BCUT2D eigenvalue weighted by atomic mass is 16.5. The highest BCUT2D eigenvalue weighted by molar-refractivity contribution is 6.16. The lowest BCUT2D eigenvalue weighted by molar-refractivity contribution is 0.253. The van der Waals surface area contributed by atoms with Gasteiger partial charge in [-0.15, -0.1) is 0 Å². The van der Waals surface area contributed by atoms with Crippen LogP contribution in [0.25, 0.3) is 33.5 Å². The van der Waals surface area contributed by atoms with Gasteiger partial charge in [0.25, 0.3) is 0 Å². The lowest BCUT2D eigenvalue weighted by atomic mass is 9.60. The highest BCUT2D eigenvalue weighted by Crippen LogP contribution is 2.63. The van der Waals surface area contributed by atoms with Gasteiger partial charge in [0.1, 0.15) is 17.7 Å². The van der Waals surface area contributed by atoms with Crippen LogP contribution in [0, 0.1) is 5.92 Å². The van der Waals surface area contributed by atoms with Crippen LogP contribution in [0.4, 0.5) is 0 Å². The minimum absolute atomic E-state index is 0.160. The summed E-state index contributed by atoms with van der Waals surface area (Å²) in [5, 5.41) is 3.83. The number of ether oxygens (including phenoxy) is 1. The number of nitrogens with zero attached hydrogens (tertiary/aromatic N) is 1. The van der Waals surface area contributed by atoms with Gasteiger partial charge >= 0.3 is 0 Å². The smallest absolute Gasteiger partial charge is 0.145 e. The molecule has 6 aromatic rings. The standard InChI is InChI=1S/C53H40N2O/c1-3-17-35(18-4-1)38-21-7-9-25-42(38)48-34-49(55-52(54-48)36-19-5-2-6-20-36)43-26-10-8-22-39(43)37-31-32-47-51(33-37)56-50-30-16-15-29-46(50)53(47)44-27-13-11-23-40(44)41-24-12-14-28-45(41)53/h2-3,5-28,30-34,46,52,54H,1,4,29H2. The van der Waals surface area contributed by atoms with E-state index in [1.165, 1.54) is 44.5 Å². The van der Waals surface area contributed by atoms with E-state index in [2.05, 4.69) is 193 Å². The zero-order chi connectivity index (χ0) is 37.1. The monoisotopic (exact) mass is 720 g/mol. The maximum Gasteiger partial charge on any atom is 0.145 e. The molecule has 5 aliphatic rings. The second-order valence-corrected chi connectivity index (χ2v) is 15.3. The summed E-state index contributed by atoms with van der Waals surface area (Å²) >= 11 is 0. The number of aliphatic imine (C=N–C) groups is 1. The molecule has 3 nitrogen and oxygen atoms in total. The van der Waals surface area contributed by atoms with Crippen molar-refractivity contribution in [3.8, 4) is 28.0 Å². The molecule has 1 N–H and O–H groups in total. The average Bonchev–Trinajstić information content (AvgIpc) is 3.57. The summed E-state index contributed by atoms with van der Waals surface area (Å²) in [7, 11) is 0. The molecule has 0 aromatic heterocycles. The van der Waals surface area contributed by atoms with E-state index in [0.717, 1.165) is 64.4 Å². The fraction of sp³-hybridized carbons (Fsp3) is 0.113. The Morgan fingerprint density at radius 1 is 0.607 bits per heavy atom. The molecule has 0 saturated heterocycles. The van der Waals surface area contributed by atoms with Crippen LogP contribution in [-0.2, 0) is 5.41 Å². The molecule has 0 saturated carbocycles.